The lowest BCUT2D eigenvalue weighted by Gasteiger charge is -2.30. The summed E-state index contributed by atoms with van der Waals surface area (Å²) >= 11 is 0. The van der Waals surface area contributed by atoms with Crippen molar-refractivity contribution in [3.8, 4) is 0 Å². The molecule has 0 amide bonds. The van der Waals surface area contributed by atoms with Crippen LogP contribution in [0.1, 0.15) is 37.5 Å². The first-order valence-electron chi connectivity index (χ1n) is 7.22. The van der Waals surface area contributed by atoms with E-state index in [2.05, 4.69) is 27.3 Å². The number of piperazine rings is 1. The average Bonchev–Trinajstić information content (AvgIpc) is 3.11. The molecule has 0 radical (unpaired) electrons. The van der Waals surface area contributed by atoms with Crippen molar-refractivity contribution in [3.63, 3.8) is 0 Å². The van der Waals surface area contributed by atoms with Crippen LogP contribution in [0.3, 0.4) is 0 Å². The Balaban J connectivity index is 1.59. The van der Waals surface area contributed by atoms with Gasteiger partial charge in [0.15, 0.2) is 5.82 Å². The zero-order valence-corrected chi connectivity index (χ0v) is 11.5. The fraction of sp³-hybridized carbons (Fsp3) is 0.846. The Morgan fingerprint density at radius 2 is 2.26 bits per heavy atom. The molecule has 2 aliphatic heterocycles. The van der Waals surface area contributed by atoms with Gasteiger partial charge in [-0.1, -0.05) is 5.16 Å². The molecule has 3 rings (SSSR count). The van der Waals surface area contributed by atoms with Gasteiger partial charge in [0.2, 0.25) is 5.89 Å². The Bertz CT molecular complexity index is 397. The molecule has 6 heteroatoms. The minimum absolute atomic E-state index is 0.226. The van der Waals surface area contributed by atoms with E-state index >= 15 is 0 Å². The lowest BCUT2D eigenvalue weighted by molar-refractivity contribution is 0.104. The number of rotatable bonds is 4. The molecular formula is C13H22N4O2. The molecule has 2 fully saturated rings. The van der Waals surface area contributed by atoms with Gasteiger partial charge in [-0.3, -0.25) is 4.90 Å². The van der Waals surface area contributed by atoms with Crippen molar-refractivity contribution in [1.29, 1.82) is 0 Å². The maximum atomic E-state index is 5.60. The van der Waals surface area contributed by atoms with E-state index in [0.717, 1.165) is 57.9 Å². The fourth-order valence-electron chi connectivity index (χ4n) is 2.75. The van der Waals surface area contributed by atoms with Crippen molar-refractivity contribution in [1.82, 2.24) is 20.4 Å². The largest absolute Gasteiger partial charge is 0.378 e. The minimum atomic E-state index is 0.226. The predicted molar refractivity (Wildman–Crippen MR) is 69.8 cm³/mol. The molecule has 0 saturated carbocycles. The van der Waals surface area contributed by atoms with Crippen molar-refractivity contribution in [2.75, 3.05) is 32.8 Å². The van der Waals surface area contributed by atoms with Gasteiger partial charge in [-0.15, -0.1) is 0 Å². The van der Waals surface area contributed by atoms with Crippen LogP contribution in [0, 0.1) is 0 Å². The molecule has 2 aliphatic rings. The maximum Gasteiger partial charge on any atom is 0.229 e. The molecule has 1 N–H and O–H groups in total. The molecule has 6 nitrogen and oxygen atoms in total. The molecule has 0 spiro atoms. The Morgan fingerprint density at radius 1 is 1.42 bits per heavy atom. The summed E-state index contributed by atoms with van der Waals surface area (Å²) in [5.41, 5.74) is 0. The molecule has 2 saturated heterocycles. The van der Waals surface area contributed by atoms with E-state index in [1.54, 1.807) is 0 Å². The van der Waals surface area contributed by atoms with Crippen LogP contribution in [0.25, 0.3) is 0 Å². The summed E-state index contributed by atoms with van der Waals surface area (Å²) in [6.45, 7) is 7.15. The lowest BCUT2D eigenvalue weighted by atomic mass is 10.2. The molecular weight excluding hydrogens is 244 g/mol. The Hall–Kier alpha value is -0.980. The SMILES string of the molecule is CC(c1noc(CC2CCCO2)n1)N1CCNCC1. The number of ether oxygens (including phenoxy) is 1. The summed E-state index contributed by atoms with van der Waals surface area (Å²) < 4.78 is 11.0. The summed E-state index contributed by atoms with van der Waals surface area (Å²) in [6.07, 6.45) is 3.26. The molecule has 1 aromatic rings. The van der Waals surface area contributed by atoms with Crippen LogP contribution >= 0.6 is 0 Å². The van der Waals surface area contributed by atoms with Crippen molar-refractivity contribution < 1.29 is 9.26 Å². The third-order valence-corrected chi connectivity index (χ3v) is 3.98. The third-order valence-electron chi connectivity index (χ3n) is 3.98. The number of hydrogen-bond donors (Lipinski definition) is 1. The molecule has 106 valence electrons. The van der Waals surface area contributed by atoms with Crippen molar-refractivity contribution in [3.05, 3.63) is 11.7 Å². The van der Waals surface area contributed by atoms with E-state index in [9.17, 15) is 0 Å². The van der Waals surface area contributed by atoms with E-state index in [1.807, 2.05) is 0 Å². The maximum absolute atomic E-state index is 5.60. The number of nitrogens with zero attached hydrogens (tertiary/aromatic N) is 3. The summed E-state index contributed by atoms with van der Waals surface area (Å²) in [5.74, 6) is 1.51. The number of hydrogen-bond acceptors (Lipinski definition) is 6. The number of nitrogens with one attached hydrogen (secondary N) is 1. The van der Waals surface area contributed by atoms with Gasteiger partial charge < -0.3 is 14.6 Å². The van der Waals surface area contributed by atoms with Crippen molar-refractivity contribution >= 4 is 0 Å². The van der Waals surface area contributed by atoms with E-state index in [0.29, 0.717) is 5.89 Å². The first-order chi connectivity index (χ1) is 9.33. The second-order valence-electron chi connectivity index (χ2n) is 5.35. The fourth-order valence-corrected chi connectivity index (χ4v) is 2.75. The number of aromatic nitrogens is 2. The molecule has 3 heterocycles. The summed E-state index contributed by atoms with van der Waals surface area (Å²) in [5, 5.41) is 7.48. The summed E-state index contributed by atoms with van der Waals surface area (Å²) in [7, 11) is 0. The minimum Gasteiger partial charge on any atom is -0.378 e. The molecule has 2 unspecified atom stereocenters. The van der Waals surface area contributed by atoms with Gasteiger partial charge >= 0.3 is 0 Å². The second-order valence-corrected chi connectivity index (χ2v) is 5.35. The Morgan fingerprint density at radius 3 is 3.00 bits per heavy atom. The van der Waals surface area contributed by atoms with E-state index < -0.39 is 0 Å². The highest BCUT2D eigenvalue weighted by Crippen LogP contribution is 2.20. The highest BCUT2D eigenvalue weighted by Gasteiger charge is 2.24. The van der Waals surface area contributed by atoms with Crippen LogP contribution in [0.5, 0.6) is 0 Å². The molecule has 1 aromatic heterocycles. The van der Waals surface area contributed by atoms with Crippen LogP contribution in [0.2, 0.25) is 0 Å². The van der Waals surface area contributed by atoms with Gasteiger partial charge in [-0.2, -0.15) is 4.98 Å². The van der Waals surface area contributed by atoms with Crippen LogP contribution in [0.15, 0.2) is 4.52 Å². The van der Waals surface area contributed by atoms with Crippen LogP contribution in [0.4, 0.5) is 0 Å². The van der Waals surface area contributed by atoms with E-state index in [4.69, 9.17) is 9.26 Å². The zero-order valence-electron chi connectivity index (χ0n) is 11.5. The van der Waals surface area contributed by atoms with Gasteiger partial charge in [0.1, 0.15) is 0 Å². The van der Waals surface area contributed by atoms with Crippen molar-refractivity contribution in [2.45, 2.75) is 38.3 Å². The zero-order chi connectivity index (χ0) is 13.1. The average molecular weight is 266 g/mol. The Labute approximate surface area is 113 Å². The molecule has 0 bridgehead atoms. The summed E-state index contributed by atoms with van der Waals surface area (Å²) in [6, 6.07) is 0.226. The quantitative estimate of drug-likeness (QED) is 0.868. The highest BCUT2D eigenvalue weighted by atomic mass is 16.5. The standard InChI is InChI=1S/C13H22N4O2/c1-10(17-6-4-14-5-7-17)13-15-12(19-16-13)9-11-3-2-8-18-11/h10-11,14H,2-9H2,1H3. The van der Waals surface area contributed by atoms with Crippen molar-refractivity contribution in [2.24, 2.45) is 0 Å². The van der Waals surface area contributed by atoms with Crippen LogP contribution < -0.4 is 5.32 Å². The topological polar surface area (TPSA) is 63.4 Å². The second kappa shape index (κ2) is 5.98. The van der Waals surface area contributed by atoms with Gasteiger partial charge in [0.05, 0.1) is 18.6 Å². The normalized spacial score (nSPS) is 26.7. The van der Waals surface area contributed by atoms with Gasteiger partial charge in [0.25, 0.3) is 0 Å². The smallest absolute Gasteiger partial charge is 0.229 e. The van der Waals surface area contributed by atoms with Gasteiger partial charge in [-0.05, 0) is 19.8 Å². The molecule has 2 atom stereocenters. The predicted octanol–water partition coefficient (Wildman–Crippen LogP) is 0.757. The van der Waals surface area contributed by atoms with Gasteiger partial charge in [0, 0.05) is 32.8 Å². The molecule has 19 heavy (non-hydrogen) atoms. The van der Waals surface area contributed by atoms with Crippen LogP contribution in [-0.4, -0.2) is 53.9 Å². The van der Waals surface area contributed by atoms with E-state index in [-0.39, 0.29) is 12.1 Å². The monoisotopic (exact) mass is 266 g/mol. The highest BCUT2D eigenvalue weighted by molar-refractivity contribution is 4.95. The van der Waals surface area contributed by atoms with Crippen LogP contribution in [-0.2, 0) is 11.2 Å². The molecule has 0 aromatic carbocycles. The summed E-state index contributed by atoms with van der Waals surface area (Å²) in [4.78, 5) is 6.92. The third kappa shape index (κ3) is 3.13. The van der Waals surface area contributed by atoms with E-state index in [1.165, 1.54) is 0 Å². The van der Waals surface area contributed by atoms with Gasteiger partial charge in [-0.25, -0.2) is 0 Å². The lowest BCUT2D eigenvalue weighted by Crippen LogP contribution is -2.44. The molecule has 0 aliphatic carbocycles. The Kier molecular flexibility index (Phi) is 4.10. The first-order valence-corrected chi connectivity index (χ1v) is 7.22. The first kappa shape index (κ1) is 13.0.